The Hall–Kier alpha value is -2.80. The van der Waals surface area contributed by atoms with Crippen molar-refractivity contribution in [1.82, 2.24) is 19.7 Å². The second-order valence-electron chi connectivity index (χ2n) is 5.33. The Labute approximate surface area is 146 Å². The van der Waals surface area contributed by atoms with Crippen LogP contribution < -0.4 is 0 Å². The number of benzene rings is 2. The average molecular weight is 354 g/mol. The van der Waals surface area contributed by atoms with E-state index in [1.807, 2.05) is 0 Å². The van der Waals surface area contributed by atoms with Crippen molar-refractivity contribution in [2.75, 3.05) is 0 Å². The van der Waals surface area contributed by atoms with Crippen LogP contribution in [0.5, 0.6) is 0 Å². The van der Waals surface area contributed by atoms with Gasteiger partial charge in [-0.1, -0.05) is 18.2 Å². The van der Waals surface area contributed by atoms with E-state index >= 15 is 0 Å². The summed E-state index contributed by atoms with van der Waals surface area (Å²) in [6.45, 7) is 0. The van der Waals surface area contributed by atoms with Gasteiger partial charge in [-0.25, -0.2) is 23.4 Å². The Balaban J connectivity index is 1.67. The molecule has 2 aromatic heterocycles. The van der Waals surface area contributed by atoms with E-state index in [9.17, 15) is 8.78 Å². The Kier molecular flexibility index (Phi) is 4.15. The molecule has 0 amide bonds. The van der Waals surface area contributed by atoms with Gasteiger partial charge >= 0.3 is 0 Å². The van der Waals surface area contributed by atoms with E-state index in [1.165, 1.54) is 36.3 Å². The molecule has 25 heavy (non-hydrogen) atoms. The molecule has 0 unspecified atom stereocenters. The molecular weight excluding hydrogens is 342 g/mol. The number of rotatable bonds is 4. The lowest BCUT2D eigenvalue weighted by Crippen LogP contribution is -1.98. The molecule has 0 spiro atoms. The monoisotopic (exact) mass is 354 g/mol. The number of hydrogen-bond acceptors (Lipinski definition) is 4. The fraction of sp³-hybridized carbons (Fsp3) is 0.0556. The van der Waals surface area contributed by atoms with E-state index in [-0.39, 0.29) is 11.6 Å². The van der Waals surface area contributed by atoms with E-state index in [2.05, 4.69) is 15.1 Å². The van der Waals surface area contributed by atoms with Crippen LogP contribution in [0.25, 0.3) is 16.7 Å². The molecule has 0 saturated heterocycles. The molecule has 124 valence electrons. The molecule has 0 radical (unpaired) electrons. The lowest BCUT2D eigenvalue weighted by Gasteiger charge is -2.05. The van der Waals surface area contributed by atoms with Crippen LogP contribution in [0.1, 0.15) is 5.56 Å². The molecule has 0 aliphatic heterocycles. The highest BCUT2D eigenvalue weighted by Gasteiger charge is 2.12. The third-order valence-electron chi connectivity index (χ3n) is 3.72. The highest BCUT2D eigenvalue weighted by molar-refractivity contribution is 7.98. The third kappa shape index (κ3) is 3.10. The first kappa shape index (κ1) is 15.7. The van der Waals surface area contributed by atoms with Gasteiger partial charge in [-0.05, 0) is 35.9 Å². The van der Waals surface area contributed by atoms with Crippen LogP contribution >= 0.6 is 11.8 Å². The van der Waals surface area contributed by atoms with Crippen molar-refractivity contribution in [3.05, 3.63) is 78.3 Å². The SMILES string of the molecule is Fc1ccc(-n2ncc3c(SCc4ccccc4F)ncnc32)cc1. The number of hydrogen-bond donors (Lipinski definition) is 0. The summed E-state index contributed by atoms with van der Waals surface area (Å²) < 4.78 is 28.5. The summed E-state index contributed by atoms with van der Waals surface area (Å²) in [5.41, 5.74) is 1.95. The maximum atomic E-state index is 13.8. The van der Waals surface area contributed by atoms with E-state index in [4.69, 9.17) is 0 Å². The molecule has 4 nitrogen and oxygen atoms in total. The van der Waals surface area contributed by atoms with Crippen molar-refractivity contribution < 1.29 is 8.78 Å². The van der Waals surface area contributed by atoms with Gasteiger partial charge in [-0.15, -0.1) is 11.8 Å². The van der Waals surface area contributed by atoms with Crippen molar-refractivity contribution >= 4 is 22.8 Å². The van der Waals surface area contributed by atoms with Gasteiger partial charge in [-0.2, -0.15) is 5.10 Å². The second kappa shape index (κ2) is 6.60. The van der Waals surface area contributed by atoms with Crippen LogP contribution in [0.2, 0.25) is 0 Å². The Morgan fingerprint density at radius 1 is 0.960 bits per heavy atom. The molecule has 2 aromatic carbocycles. The summed E-state index contributed by atoms with van der Waals surface area (Å²) >= 11 is 1.42. The zero-order valence-electron chi connectivity index (χ0n) is 12.9. The normalized spacial score (nSPS) is 11.1. The number of nitrogens with zero attached hydrogens (tertiary/aromatic N) is 4. The molecule has 4 aromatic rings. The number of halogens is 2. The fourth-order valence-electron chi connectivity index (χ4n) is 2.47. The van der Waals surface area contributed by atoms with Gasteiger partial charge < -0.3 is 0 Å². The first-order chi connectivity index (χ1) is 12.2. The summed E-state index contributed by atoms with van der Waals surface area (Å²) in [5, 5.41) is 5.83. The second-order valence-corrected chi connectivity index (χ2v) is 6.29. The first-order valence-electron chi connectivity index (χ1n) is 7.53. The fourth-order valence-corrected chi connectivity index (χ4v) is 3.42. The van der Waals surface area contributed by atoms with Gasteiger partial charge in [-0.3, -0.25) is 0 Å². The van der Waals surface area contributed by atoms with E-state index in [1.54, 1.807) is 41.2 Å². The molecular formula is C18H12F2N4S. The topological polar surface area (TPSA) is 43.6 Å². The molecule has 4 rings (SSSR count). The van der Waals surface area contributed by atoms with Crippen molar-refractivity contribution in [3.8, 4) is 5.69 Å². The average Bonchev–Trinajstić information content (AvgIpc) is 3.06. The van der Waals surface area contributed by atoms with Crippen LogP contribution in [-0.2, 0) is 5.75 Å². The van der Waals surface area contributed by atoms with Crippen LogP contribution in [0, 0.1) is 11.6 Å². The minimum atomic E-state index is -0.309. The number of fused-ring (bicyclic) bond motifs is 1. The van der Waals surface area contributed by atoms with E-state index in [0.717, 1.165) is 10.4 Å². The van der Waals surface area contributed by atoms with Crippen LogP contribution in [0.15, 0.2) is 66.1 Å². The zero-order chi connectivity index (χ0) is 17.2. The van der Waals surface area contributed by atoms with E-state index in [0.29, 0.717) is 22.7 Å². The summed E-state index contributed by atoms with van der Waals surface area (Å²) in [5.74, 6) is -0.0844. The highest BCUT2D eigenvalue weighted by atomic mass is 32.2. The zero-order valence-corrected chi connectivity index (χ0v) is 13.8. The third-order valence-corrected chi connectivity index (χ3v) is 4.78. The first-order valence-corrected chi connectivity index (χ1v) is 8.52. The molecule has 7 heteroatoms. The highest BCUT2D eigenvalue weighted by Crippen LogP contribution is 2.28. The molecule has 2 heterocycles. The van der Waals surface area contributed by atoms with E-state index < -0.39 is 0 Å². The van der Waals surface area contributed by atoms with Crippen molar-refractivity contribution in [2.45, 2.75) is 10.8 Å². The Morgan fingerprint density at radius 3 is 2.56 bits per heavy atom. The molecule has 0 atom stereocenters. The maximum Gasteiger partial charge on any atom is 0.167 e. The summed E-state index contributed by atoms with van der Waals surface area (Å²) in [6.07, 6.45) is 3.12. The van der Waals surface area contributed by atoms with Gasteiger partial charge in [0, 0.05) is 5.75 Å². The quantitative estimate of drug-likeness (QED) is 0.403. The number of aromatic nitrogens is 4. The smallest absolute Gasteiger partial charge is 0.167 e. The number of thioether (sulfide) groups is 1. The predicted molar refractivity (Wildman–Crippen MR) is 92.6 cm³/mol. The van der Waals surface area contributed by atoms with Crippen molar-refractivity contribution in [1.29, 1.82) is 0 Å². The van der Waals surface area contributed by atoms with Gasteiger partial charge in [0.25, 0.3) is 0 Å². The van der Waals surface area contributed by atoms with Crippen LogP contribution in [0.4, 0.5) is 8.78 Å². The molecule has 0 fully saturated rings. The largest absolute Gasteiger partial charge is 0.229 e. The minimum absolute atomic E-state index is 0.234. The van der Waals surface area contributed by atoms with Crippen molar-refractivity contribution in [2.24, 2.45) is 0 Å². The molecule has 0 bridgehead atoms. The molecule has 0 aliphatic rings. The van der Waals surface area contributed by atoms with Crippen molar-refractivity contribution in [3.63, 3.8) is 0 Å². The van der Waals surface area contributed by atoms with Gasteiger partial charge in [0.2, 0.25) is 0 Å². The van der Waals surface area contributed by atoms with Gasteiger partial charge in [0.1, 0.15) is 23.0 Å². The lowest BCUT2D eigenvalue weighted by molar-refractivity contribution is 0.617. The summed E-state index contributed by atoms with van der Waals surface area (Å²) in [6, 6.07) is 12.7. The van der Waals surface area contributed by atoms with Gasteiger partial charge in [0.05, 0.1) is 17.3 Å². The van der Waals surface area contributed by atoms with Crippen LogP contribution in [0.3, 0.4) is 0 Å². The van der Waals surface area contributed by atoms with Gasteiger partial charge in [0.15, 0.2) is 5.65 Å². The summed E-state index contributed by atoms with van der Waals surface area (Å²) in [4.78, 5) is 8.57. The minimum Gasteiger partial charge on any atom is -0.229 e. The lowest BCUT2D eigenvalue weighted by atomic mass is 10.2. The molecule has 0 saturated carbocycles. The Bertz CT molecular complexity index is 1030. The van der Waals surface area contributed by atoms with Crippen LogP contribution in [-0.4, -0.2) is 19.7 Å². The molecule has 0 aliphatic carbocycles. The maximum absolute atomic E-state index is 13.8. The summed E-state index contributed by atoms with van der Waals surface area (Å²) in [7, 11) is 0. The Morgan fingerprint density at radius 2 is 1.76 bits per heavy atom. The predicted octanol–water partition coefficient (Wildman–Crippen LogP) is 4.39. The molecule has 0 N–H and O–H groups in total. The standard InChI is InChI=1S/C18H12F2N4S/c19-13-5-7-14(8-6-13)24-17-15(9-23-24)18(22-11-21-17)25-10-12-3-1-2-4-16(12)20/h1-9,11H,10H2.